The quantitative estimate of drug-likeness (QED) is 0.866. The van der Waals surface area contributed by atoms with Crippen LogP contribution < -0.4 is 10.1 Å². The first-order valence-electron chi connectivity index (χ1n) is 5.77. The van der Waals surface area contributed by atoms with Crippen molar-refractivity contribution < 1.29 is 4.74 Å². The van der Waals surface area contributed by atoms with E-state index < -0.39 is 0 Å². The van der Waals surface area contributed by atoms with E-state index in [1.165, 1.54) is 5.57 Å². The molecule has 0 aliphatic rings. The Morgan fingerprint density at radius 2 is 2.18 bits per heavy atom. The maximum absolute atomic E-state index is 6.21. The molecule has 1 aromatic carbocycles. The van der Waals surface area contributed by atoms with Gasteiger partial charge in [-0.2, -0.15) is 0 Å². The van der Waals surface area contributed by atoms with Crippen molar-refractivity contribution in [3.63, 3.8) is 0 Å². The molecule has 94 valence electrons. The number of methoxy groups -OCH3 is 1. The molecule has 0 radical (unpaired) electrons. The molecule has 17 heavy (non-hydrogen) atoms. The predicted octanol–water partition coefficient (Wildman–Crippen LogP) is 3.61. The van der Waals surface area contributed by atoms with Gasteiger partial charge in [-0.1, -0.05) is 37.1 Å². The summed E-state index contributed by atoms with van der Waals surface area (Å²) in [4.78, 5) is 0. The van der Waals surface area contributed by atoms with Crippen molar-refractivity contribution in [2.75, 3.05) is 20.7 Å². The molecular weight excluding hydrogens is 234 g/mol. The molecule has 0 unspecified atom stereocenters. The zero-order chi connectivity index (χ0) is 12.8. The van der Waals surface area contributed by atoms with Crippen molar-refractivity contribution in [1.82, 2.24) is 5.32 Å². The average Bonchev–Trinajstić information content (AvgIpc) is 2.30. The number of halogens is 1. The van der Waals surface area contributed by atoms with Gasteiger partial charge in [0, 0.05) is 12.1 Å². The second-order valence-corrected chi connectivity index (χ2v) is 4.67. The number of hydrogen-bond donors (Lipinski definition) is 1. The fraction of sp³-hybridized carbons (Fsp3) is 0.429. The van der Waals surface area contributed by atoms with E-state index in [1.807, 2.05) is 25.2 Å². The van der Waals surface area contributed by atoms with Gasteiger partial charge in [-0.25, -0.2) is 0 Å². The highest BCUT2D eigenvalue weighted by Gasteiger charge is 2.08. The summed E-state index contributed by atoms with van der Waals surface area (Å²) in [6.45, 7) is 5.20. The number of rotatable bonds is 5. The van der Waals surface area contributed by atoms with Crippen LogP contribution in [-0.4, -0.2) is 20.7 Å². The van der Waals surface area contributed by atoms with Crippen molar-refractivity contribution >= 4 is 17.7 Å². The van der Waals surface area contributed by atoms with Crippen LogP contribution in [-0.2, 0) is 0 Å². The lowest BCUT2D eigenvalue weighted by molar-refractivity contribution is 0.414. The van der Waals surface area contributed by atoms with Gasteiger partial charge in [-0.3, -0.25) is 0 Å². The third-order valence-electron chi connectivity index (χ3n) is 2.69. The lowest BCUT2D eigenvalue weighted by atomic mass is 10.00. The van der Waals surface area contributed by atoms with E-state index in [-0.39, 0.29) is 0 Å². The highest BCUT2D eigenvalue weighted by molar-refractivity contribution is 6.32. The summed E-state index contributed by atoms with van der Waals surface area (Å²) in [6.07, 6.45) is 2.11. The topological polar surface area (TPSA) is 21.3 Å². The first-order chi connectivity index (χ1) is 8.10. The summed E-state index contributed by atoms with van der Waals surface area (Å²) in [5.74, 6) is 1.29. The Kier molecular flexibility index (Phi) is 5.52. The Hall–Kier alpha value is -0.990. The number of ether oxygens (including phenoxy) is 1. The summed E-state index contributed by atoms with van der Waals surface area (Å²) in [6, 6.07) is 5.70. The summed E-state index contributed by atoms with van der Waals surface area (Å²) in [5, 5.41) is 3.90. The molecule has 1 N–H and O–H groups in total. The summed E-state index contributed by atoms with van der Waals surface area (Å²) in [5.41, 5.74) is 2.26. The van der Waals surface area contributed by atoms with Gasteiger partial charge in [0.15, 0.2) is 0 Å². The van der Waals surface area contributed by atoms with E-state index in [0.717, 1.165) is 22.9 Å². The predicted molar refractivity (Wildman–Crippen MR) is 74.7 cm³/mol. The number of hydrogen-bond acceptors (Lipinski definition) is 2. The van der Waals surface area contributed by atoms with Crippen LogP contribution in [0, 0.1) is 5.92 Å². The molecule has 0 saturated heterocycles. The average molecular weight is 254 g/mol. The number of likely N-dealkylation sites (N-methyl/N-ethyl adjacent to an activating group) is 1. The molecule has 2 nitrogen and oxygen atoms in total. The van der Waals surface area contributed by atoms with Gasteiger partial charge in [0.05, 0.1) is 12.1 Å². The molecule has 0 saturated carbocycles. The highest BCUT2D eigenvalue weighted by Crippen LogP contribution is 2.29. The van der Waals surface area contributed by atoms with Crippen LogP contribution in [0.25, 0.3) is 6.08 Å². The molecule has 1 aromatic rings. The zero-order valence-corrected chi connectivity index (χ0v) is 11.6. The Morgan fingerprint density at radius 1 is 1.47 bits per heavy atom. The van der Waals surface area contributed by atoms with Crippen LogP contribution in [0.4, 0.5) is 0 Å². The fourth-order valence-corrected chi connectivity index (χ4v) is 1.87. The van der Waals surface area contributed by atoms with Crippen LogP contribution >= 0.6 is 11.6 Å². The Balaban J connectivity index is 3.18. The molecule has 0 bridgehead atoms. The molecule has 0 fully saturated rings. The second-order valence-electron chi connectivity index (χ2n) is 4.26. The third kappa shape index (κ3) is 3.76. The van der Waals surface area contributed by atoms with Crippen molar-refractivity contribution in [2.45, 2.75) is 13.8 Å². The maximum Gasteiger partial charge on any atom is 0.127 e. The normalized spacial score (nSPS) is 12.0. The van der Waals surface area contributed by atoms with Crippen LogP contribution in [0.2, 0.25) is 5.02 Å². The molecular formula is C14H20ClNO. The van der Waals surface area contributed by atoms with E-state index in [0.29, 0.717) is 5.92 Å². The van der Waals surface area contributed by atoms with Gasteiger partial charge < -0.3 is 10.1 Å². The van der Waals surface area contributed by atoms with Gasteiger partial charge in [0.25, 0.3) is 0 Å². The van der Waals surface area contributed by atoms with Crippen molar-refractivity contribution in [1.29, 1.82) is 0 Å². The zero-order valence-electron chi connectivity index (χ0n) is 10.9. The number of nitrogens with one attached hydrogen (secondary N) is 1. The van der Waals surface area contributed by atoms with Crippen LogP contribution in [0.5, 0.6) is 5.75 Å². The van der Waals surface area contributed by atoms with E-state index in [2.05, 4.69) is 25.2 Å². The van der Waals surface area contributed by atoms with Gasteiger partial charge >= 0.3 is 0 Å². The minimum Gasteiger partial charge on any atom is -0.496 e. The van der Waals surface area contributed by atoms with Crippen LogP contribution in [0.3, 0.4) is 0 Å². The van der Waals surface area contributed by atoms with Crippen molar-refractivity contribution in [3.05, 3.63) is 34.4 Å². The summed E-state index contributed by atoms with van der Waals surface area (Å²) in [7, 11) is 3.61. The van der Waals surface area contributed by atoms with Gasteiger partial charge in [-0.05, 0) is 31.2 Å². The maximum atomic E-state index is 6.21. The van der Waals surface area contributed by atoms with Crippen LogP contribution in [0.1, 0.15) is 19.4 Å². The number of benzene rings is 1. The third-order valence-corrected chi connectivity index (χ3v) is 3.01. The summed E-state index contributed by atoms with van der Waals surface area (Å²) < 4.78 is 5.34. The Morgan fingerprint density at radius 3 is 2.71 bits per heavy atom. The van der Waals surface area contributed by atoms with Gasteiger partial charge in [0.1, 0.15) is 5.75 Å². The van der Waals surface area contributed by atoms with E-state index >= 15 is 0 Å². The molecule has 0 spiro atoms. The fourth-order valence-electron chi connectivity index (χ4n) is 1.65. The second kappa shape index (κ2) is 6.67. The minimum atomic E-state index is 0.475. The Bertz CT molecular complexity index is 399. The monoisotopic (exact) mass is 253 g/mol. The van der Waals surface area contributed by atoms with E-state index in [1.54, 1.807) is 7.11 Å². The molecule has 0 amide bonds. The Labute approximate surface area is 109 Å². The van der Waals surface area contributed by atoms with E-state index in [9.17, 15) is 0 Å². The molecule has 1 rings (SSSR count). The van der Waals surface area contributed by atoms with Crippen molar-refractivity contribution in [2.24, 2.45) is 5.92 Å². The summed E-state index contributed by atoms with van der Waals surface area (Å²) >= 11 is 6.21. The van der Waals surface area contributed by atoms with E-state index in [4.69, 9.17) is 16.3 Å². The first kappa shape index (κ1) is 14.1. The highest BCUT2D eigenvalue weighted by atomic mass is 35.5. The standard InChI is InChI=1S/C14H20ClNO/c1-10(2)11(9-16-3)8-12-13(15)6-5-7-14(12)17-4/h5-8,10,16H,9H2,1-4H3/b11-8-. The molecule has 0 heterocycles. The minimum absolute atomic E-state index is 0.475. The van der Waals surface area contributed by atoms with Crippen molar-refractivity contribution in [3.8, 4) is 5.75 Å². The lowest BCUT2D eigenvalue weighted by Gasteiger charge is -2.13. The lowest BCUT2D eigenvalue weighted by Crippen LogP contribution is -2.14. The largest absolute Gasteiger partial charge is 0.496 e. The molecule has 0 atom stereocenters. The first-order valence-corrected chi connectivity index (χ1v) is 6.15. The SMILES string of the molecule is CNC/C(=C/c1c(Cl)cccc1OC)C(C)C. The smallest absolute Gasteiger partial charge is 0.127 e. The molecule has 3 heteroatoms. The molecule has 0 aliphatic carbocycles. The molecule has 0 aromatic heterocycles. The molecule has 0 aliphatic heterocycles. The van der Waals surface area contributed by atoms with Gasteiger partial charge in [0.2, 0.25) is 0 Å². The van der Waals surface area contributed by atoms with Crippen LogP contribution in [0.15, 0.2) is 23.8 Å². The van der Waals surface area contributed by atoms with Gasteiger partial charge in [-0.15, -0.1) is 0 Å².